The zero-order chi connectivity index (χ0) is 37.0. The Kier molecular flexibility index (Phi) is 16.3. The standard InChI is InChI=1S/C24H36F2O.C23H34F2.4H2/c1-3-5-17-6-8-18(9-7-17)19-10-12-20(13-11-19)21-14-15-22(27-16-4-2)24(26)23(21)25;1-3-4-5-17-7-9-18(10-8-17)19-11-13-20(14-12-19)21-15-6-16(2)22(24)23(21)25;;;;/h14-15,17-20H,3-13,16H2,1-2H3;6,15,17-20H,3-5,7-14H2,1-2H3;4*1H. The molecule has 300 valence electrons. The fourth-order valence-electron chi connectivity index (χ4n) is 10.8. The lowest BCUT2D eigenvalue weighted by Gasteiger charge is -2.38. The third-order valence-corrected chi connectivity index (χ3v) is 14.0. The molecule has 2 aromatic carbocycles. The first kappa shape index (κ1) is 41.1. The van der Waals surface area contributed by atoms with Gasteiger partial charge >= 0.3 is 0 Å². The molecule has 1 nitrogen and oxygen atoms in total. The summed E-state index contributed by atoms with van der Waals surface area (Å²) in [5, 5.41) is 0. The van der Waals surface area contributed by atoms with E-state index in [0.29, 0.717) is 23.3 Å². The minimum Gasteiger partial charge on any atom is -0.490 e. The lowest BCUT2D eigenvalue weighted by Crippen LogP contribution is -2.25. The highest BCUT2D eigenvalue weighted by Gasteiger charge is 2.34. The largest absolute Gasteiger partial charge is 0.490 e. The van der Waals surface area contributed by atoms with Crippen molar-refractivity contribution >= 4 is 0 Å². The second kappa shape index (κ2) is 20.6. The van der Waals surface area contributed by atoms with E-state index in [2.05, 4.69) is 13.8 Å². The van der Waals surface area contributed by atoms with E-state index in [1.165, 1.54) is 109 Å². The van der Waals surface area contributed by atoms with E-state index in [1.54, 1.807) is 25.1 Å². The molecule has 5 heteroatoms. The van der Waals surface area contributed by atoms with Crippen molar-refractivity contribution in [3.05, 3.63) is 64.2 Å². The fourth-order valence-corrected chi connectivity index (χ4v) is 10.8. The van der Waals surface area contributed by atoms with Crippen molar-refractivity contribution in [1.29, 1.82) is 0 Å². The molecule has 0 unspecified atom stereocenters. The van der Waals surface area contributed by atoms with Gasteiger partial charge in [0.2, 0.25) is 5.82 Å². The molecule has 0 bridgehead atoms. The summed E-state index contributed by atoms with van der Waals surface area (Å²) in [7, 11) is 0. The highest BCUT2D eigenvalue weighted by molar-refractivity contribution is 5.33. The molecule has 4 aliphatic rings. The van der Waals surface area contributed by atoms with E-state index in [4.69, 9.17) is 4.74 Å². The molecular weight excluding hydrogens is 657 g/mol. The SMILES string of the molecule is CCCCC1CCC(C2CCC(c3ccc(C)c(F)c3F)CC2)CC1.CCCOc1ccc(C2CCC(C3CCC(CCC)CC3)CC2)c(F)c1F.[HH].[HH].[HH].[HH]. The van der Waals surface area contributed by atoms with Crippen molar-refractivity contribution in [3.8, 4) is 5.75 Å². The van der Waals surface area contributed by atoms with Gasteiger partial charge in [-0.1, -0.05) is 96.8 Å². The molecule has 0 N–H and O–H groups in total. The molecular formula is C47H78F4O. The summed E-state index contributed by atoms with van der Waals surface area (Å²) in [5.74, 6) is 2.98. The molecule has 4 aliphatic carbocycles. The predicted octanol–water partition coefficient (Wildman–Crippen LogP) is 16.2. The number of benzene rings is 2. The zero-order valence-corrected chi connectivity index (χ0v) is 33.1. The van der Waals surface area contributed by atoms with Crippen LogP contribution in [0.5, 0.6) is 5.75 Å². The summed E-state index contributed by atoms with van der Waals surface area (Å²) in [4.78, 5) is 0. The molecule has 0 heterocycles. The molecule has 6 rings (SSSR count). The van der Waals surface area contributed by atoms with Gasteiger partial charge in [0.15, 0.2) is 23.2 Å². The van der Waals surface area contributed by atoms with Gasteiger partial charge in [0.25, 0.3) is 0 Å². The molecule has 0 aromatic heterocycles. The summed E-state index contributed by atoms with van der Waals surface area (Å²) in [6, 6.07) is 6.92. The van der Waals surface area contributed by atoms with Crippen LogP contribution in [0, 0.1) is 65.7 Å². The van der Waals surface area contributed by atoms with Gasteiger partial charge in [-0.25, -0.2) is 13.2 Å². The van der Waals surface area contributed by atoms with Crippen molar-refractivity contribution in [3.63, 3.8) is 0 Å². The Hall–Kier alpha value is -2.04. The molecule has 2 aromatic rings. The highest BCUT2D eigenvalue weighted by atomic mass is 19.2. The Bertz CT molecular complexity index is 1360. The number of hydrogen-bond acceptors (Lipinski definition) is 1. The van der Waals surface area contributed by atoms with Crippen molar-refractivity contribution in [1.82, 2.24) is 0 Å². The Labute approximate surface area is 320 Å². The molecule has 0 spiro atoms. The Morgan fingerprint density at radius 1 is 0.500 bits per heavy atom. The van der Waals surface area contributed by atoms with Gasteiger partial charge < -0.3 is 4.74 Å². The topological polar surface area (TPSA) is 9.23 Å². The van der Waals surface area contributed by atoms with E-state index >= 15 is 0 Å². The number of halogens is 4. The number of unbranched alkanes of at least 4 members (excludes halogenated alkanes) is 1. The lowest BCUT2D eigenvalue weighted by atomic mass is 9.68. The minimum atomic E-state index is -0.808. The third kappa shape index (κ3) is 10.8. The van der Waals surface area contributed by atoms with E-state index < -0.39 is 23.3 Å². The van der Waals surface area contributed by atoms with Crippen LogP contribution in [0.2, 0.25) is 0 Å². The summed E-state index contributed by atoms with van der Waals surface area (Å²) in [5.41, 5.74) is 1.58. The number of rotatable bonds is 12. The number of aryl methyl sites for hydroxylation is 1. The van der Waals surface area contributed by atoms with Crippen LogP contribution in [0.4, 0.5) is 17.6 Å². The van der Waals surface area contributed by atoms with Gasteiger partial charge in [0.1, 0.15) is 0 Å². The van der Waals surface area contributed by atoms with Gasteiger partial charge in [-0.3, -0.25) is 0 Å². The summed E-state index contributed by atoms with van der Waals surface area (Å²) in [6.45, 7) is 8.58. The lowest BCUT2D eigenvalue weighted by molar-refractivity contribution is 0.155. The Morgan fingerprint density at radius 2 is 0.942 bits per heavy atom. The van der Waals surface area contributed by atoms with E-state index in [0.717, 1.165) is 67.6 Å². The maximum Gasteiger partial charge on any atom is 0.200 e. The molecule has 4 saturated carbocycles. The first-order valence-electron chi connectivity index (χ1n) is 21.8. The molecule has 0 aliphatic heterocycles. The molecule has 0 amide bonds. The van der Waals surface area contributed by atoms with Crippen LogP contribution < -0.4 is 4.74 Å². The molecule has 0 saturated heterocycles. The Balaban J connectivity index is 0.000000524. The minimum absolute atomic E-state index is 0. The van der Waals surface area contributed by atoms with Gasteiger partial charge in [-0.2, -0.15) is 4.39 Å². The Morgan fingerprint density at radius 3 is 1.40 bits per heavy atom. The molecule has 0 atom stereocenters. The van der Waals surface area contributed by atoms with Crippen molar-refractivity contribution < 1.29 is 28.0 Å². The van der Waals surface area contributed by atoms with Crippen molar-refractivity contribution in [2.75, 3.05) is 6.61 Å². The van der Waals surface area contributed by atoms with E-state index in [9.17, 15) is 17.6 Å². The zero-order valence-electron chi connectivity index (χ0n) is 33.1. The summed E-state index contributed by atoms with van der Waals surface area (Å²) < 4.78 is 62.3. The quantitative estimate of drug-likeness (QED) is 0.197. The van der Waals surface area contributed by atoms with Crippen LogP contribution in [0.25, 0.3) is 0 Å². The maximum absolute atomic E-state index is 14.6. The maximum atomic E-state index is 14.6. The van der Waals surface area contributed by atoms with Crippen LogP contribution in [0.3, 0.4) is 0 Å². The van der Waals surface area contributed by atoms with Crippen LogP contribution in [0.1, 0.15) is 196 Å². The van der Waals surface area contributed by atoms with Gasteiger partial charge in [-0.15, -0.1) is 0 Å². The first-order chi connectivity index (χ1) is 25.2. The average molecular weight is 735 g/mol. The van der Waals surface area contributed by atoms with Crippen molar-refractivity contribution in [2.45, 2.75) is 181 Å². The molecule has 4 fully saturated rings. The average Bonchev–Trinajstić information content (AvgIpc) is 3.18. The second-order valence-corrected chi connectivity index (χ2v) is 17.4. The van der Waals surface area contributed by atoms with Crippen LogP contribution in [-0.2, 0) is 0 Å². The predicted molar refractivity (Wildman–Crippen MR) is 216 cm³/mol. The van der Waals surface area contributed by atoms with Crippen molar-refractivity contribution in [2.24, 2.45) is 35.5 Å². The number of hydrogen-bond donors (Lipinski definition) is 0. The smallest absolute Gasteiger partial charge is 0.200 e. The second-order valence-electron chi connectivity index (χ2n) is 17.4. The van der Waals surface area contributed by atoms with Gasteiger partial charge in [-0.05, 0) is 160 Å². The third-order valence-electron chi connectivity index (χ3n) is 14.0. The van der Waals surface area contributed by atoms with Gasteiger partial charge in [0.05, 0.1) is 6.61 Å². The first-order valence-corrected chi connectivity index (χ1v) is 21.8. The fraction of sp³-hybridized carbons (Fsp3) is 0.745. The molecule has 52 heavy (non-hydrogen) atoms. The van der Waals surface area contributed by atoms with E-state index in [-0.39, 0.29) is 23.3 Å². The van der Waals surface area contributed by atoms with E-state index in [1.807, 2.05) is 13.0 Å². The van der Waals surface area contributed by atoms with Crippen LogP contribution in [-0.4, -0.2) is 6.61 Å². The van der Waals surface area contributed by atoms with Gasteiger partial charge in [0, 0.05) is 5.71 Å². The summed E-state index contributed by atoms with van der Waals surface area (Å²) >= 11 is 0. The number of ether oxygens (including phenoxy) is 1. The van der Waals surface area contributed by atoms with Crippen LogP contribution in [0.15, 0.2) is 24.3 Å². The summed E-state index contributed by atoms with van der Waals surface area (Å²) in [6.07, 6.45) is 27.6. The van der Waals surface area contributed by atoms with Crippen LogP contribution >= 0.6 is 0 Å². The molecule has 0 radical (unpaired) electrons. The highest BCUT2D eigenvalue weighted by Crippen LogP contribution is 2.47. The monoisotopic (exact) mass is 735 g/mol. The normalized spacial score (nSPS) is 29.6.